The van der Waals surface area contributed by atoms with Crippen LogP contribution in [0.5, 0.6) is 11.5 Å². The van der Waals surface area contributed by atoms with Gasteiger partial charge in [-0.2, -0.15) is 0 Å². The van der Waals surface area contributed by atoms with Crippen molar-refractivity contribution in [2.24, 2.45) is 17.3 Å². The van der Waals surface area contributed by atoms with Crippen molar-refractivity contribution in [1.82, 2.24) is 4.90 Å². The van der Waals surface area contributed by atoms with E-state index < -0.39 is 5.60 Å². The van der Waals surface area contributed by atoms with Gasteiger partial charge in [0, 0.05) is 42.0 Å². The number of phenolic OH excluding ortho intramolecular Hbond substituents is 1. The van der Waals surface area contributed by atoms with E-state index in [-0.39, 0.29) is 28.5 Å². The maximum Gasteiger partial charge on any atom is 0.165 e. The maximum atomic E-state index is 11.0. The van der Waals surface area contributed by atoms with Crippen LogP contribution in [0.25, 0.3) is 0 Å². The number of nitrogens with zero attached hydrogens (tertiary/aromatic N) is 1. The van der Waals surface area contributed by atoms with Crippen LogP contribution in [0, 0.1) is 17.3 Å². The van der Waals surface area contributed by atoms with Crippen molar-refractivity contribution < 1.29 is 19.3 Å². The van der Waals surface area contributed by atoms with Gasteiger partial charge in [-0.3, -0.25) is 4.90 Å². The van der Waals surface area contributed by atoms with Gasteiger partial charge in [-0.15, -0.1) is 0 Å². The number of fused-ring (bicyclic) bond motifs is 2. The molecule has 2 spiro atoms. The van der Waals surface area contributed by atoms with E-state index in [2.05, 4.69) is 53.5 Å². The molecule has 0 amide bonds. The second kappa shape index (κ2) is 7.61. The summed E-state index contributed by atoms with van der Waals surface area (Å²) in [6.07, 6.45) is 10.2. The first-order valence-electron chi connectivity index (χ1n) is 13.5. The van der Waals surface area contributed by atoms with Crippen LogP contribution in [0.4, 0.5) is 0 Å². The Morgan fingerprint density at radius 1 is 1.26 bits per heavy atom. The highest BCUT2D eigenvalue weighted by Crippen LogP contribution is 2.77. The first kappa shape index (κ1) is 23.3. The third-order valence-corrected chi connectivity index (χ3v) is 11.6. The van der Waals surface area contributed by atoms with Gasteiger partial charge in [-0.25, -0.2) is 0 Å². The van der Waals surface area contributed by atoms with Gasteiger partial charge in [0.1, 0.15) is 11.7 Å². The van der Waals surface area contributed by atoms with Crippen LogP contribution in [-0.4, -0.2) is 60.2 Å². The summed E-state index contributed by atoms with van der Waals surface area (Å²) in [5, 5.41) is 11.0. The zero-order chi connectivity index (χ0) is 24.2. The van der Waals surface area contributed by atoms with E-state index in [9.17, 15) is 5.11 Å². The molecule has 2 heterocycles. The van der Waals surface area contributed by atoms with Crippen LogP contribution in [0.2, 0.25) is 0 Å². The van der Waals surface area contributed by atoms with E-state index in [1.165, 1.54) is 36.9 Å². The molecule has 8 rings (SSSR count). The van der Waals surface area contributed by atoms with Gasteiger partial charge in [-0.05, 0) is 87.0 Å². The summed E-state index contributed by atoms with van der Waals surface area (Å²) in [4.78, 5) is 2.86. The van der Waals surface area contributed by atoms with Crippen molar-refractivity contribution in [3.63, 3.8) is 0 Å². The lowest BCUT2D eigenvalue weighted by molar-refractivity contribution is -0.304. The van der Waals surface area contributed by atoms with Gasteiger partial charge >= 0.3 is 0 Å². The van der Waals surface area contributed by atoms with Crippen molar-refractivity contribution in [3.05, 3.63) is 33.4 Å². The smallest absolute Gasteiger partial charge is 0.165 e. The Kier molecular flexibility index (Phi) is 5.06. The minimum Gasteiger partial charge on any atom is -0.504 e. The minimum atomic E-state index is -0.428. The number of phenols is 1. The van der Waals surface area contributed by atoms with Crippen LogP contribution in [0.15, 0.2) is 22.3 Å². The fourth-order valence-electron chi connectivity index (χ4n) is 9.62. The van der Waals surface area contributed by atoms with Crippen molar-refractivity contribution in [3.8, 4) is 11.5 Å². The molecule has 0 radical (unpaired) electrons. The average molecular weight is 592 g/mol. The minimum absolute atomic E-state index is 0.0802. The van der Waals surface area contributed by atoms with Crippen LogP contribution >= 0.6 is 22.6 Å². The largest absolute Gasteiger partial charge is 0.504 e. The number of hydrogen-bond donors (Lipinski definition) is 1. The molecule has 1 aromatic rings. The highest BCUT2D eigenvalue weighted by Gasteiger charge is 2.81. The number of ether oxygens (including phenoxy) is 3. The molecule has 1 saturated heterocycles. The van der Waals surface area contributed by atoms with Crippen molar-refractivity contribution in [1.29, 1.82) is 0 Å². The predicted molar refractivity (Wildman–Crippen MR) is 143 cm³/mol. The number of piperidine rings is 1. The lowest BCUT2D eigenvalue weighted by Gasteiger charge is -2.75. The lowest BCUT2D eigenvalue weighted by Crippen LogP contribution is -2.82. The van der Waals surface area contributed by atoms with Crippen LogP contribution in [0.1, 0.15) is 63.5 Å². The first-order valence-corrected chi connectivity index (χ1v) is 14.8. The number of benzene rings is 1. The number of rotatable bonds is 7. The molecule has 4 saturated carbocycles. The van der Waals surface area contributed by atoms with Gasteiger partial charge in [0.2, 0.25) is 0 Å². The molecule has 5 fully saturated rings. The Labute approximate surface area is 222 Å². The normalized spacial score (nSPS) is 41.3. The van der Waals surface area contributed by atoms with Crippen molar-refractivity contribution in [2.45, 2.75) is 87.6 Å². The maximum absolute atomic E-state index is 11.0. The molecule has 6 atom stereocenters. The van der Waals surface area contributed by atoms with E-state index in [1.807, 2.05) is 17.3 Å². The predicted octanol–water partition coefficient (Wildman–Crippen LogP) is 5.36. The molecule has 7 aliphatic rings. The molecule has 2 aliphatic heterocycles. The number of hydrogen-bond acceptors (Lipinski definition) is 5. The summed E-state index contributed by atoms with van der Waals surface area (Å²) in [5.74, 6) is 2.15. The molecule has 5 aliphatic carbocycles. The molecule has 4 bridgehead atoms. The summed E-state index contributed by atoms with van der Waals surface area (Å²) < 4.78 is 22.2. The lowest BCUT2D eigenvalue weighted by atomic mass is 9.34. The SMILES string of the molecule is CO[C@]12CC[C@@]3(C[C@@H]1C(C)(C)OC/C=C/I)[C@H]1Cc4ccc(O)c5c4[C@@]3(CCN1CC1CC1)[C@H]2O5. The number of methoxy groups -OCH3 is 1. The van der Waals surface area contributed by atoms with Gasteiger partial charge in [-0.1, -0.05) is 34.7 Å². The fraction of sp³-hybridized carbons (Fsp3) is 0.724. The zero-order valence-electron chi connectivity index (χ0n) is 21.2. The first-order chi connectivity index (χ1) is 16.8. The van der Waals surface area contributed by atoms with Gasteiger partial charge in [0.15, 0.2) is 11.5 Å². The monoisotopic (exact) mass is 591 g/mol. The Balaban J connectivity index is 1.41. The van der Waals surface area contributed by atoms with Crippen LogP contribution < -0.4 is 4.74 Å². The van der Waals surface area contributed by atoms with Crippen molar-refractivity contribution >= 4 is 22.6 Å². The molecule has 1 aromatic carbocycles. The quantitative estimate of drug-likeness (QED) is 0.433. The molecular formula is C29H38INO4. The van der Waals surface area contributed by atoms with Crippen molar-refractivity contribution in [2.75, 3.05) is 26.8 Å². The van der Waals surface area contributed by atoms with Crippen LogP contribution in [0.3, 0.4) is 0 Å². The fourth-order valence-corrected chi connectivity index (χ4v) is 9.82. The Bertz CT molecular complexity index is 1080. The molecule has 0 unspecified atom stereocenters. The highest BCUT2D eigenvalue weighted by molar-refractivity contribution is 14.1. The van der Waals surface area contributed by atoms with E-state index in [0.717, 1.165) is 43.9 Å². The highest BCUT2D eigenvalue weighted by atomic mass is 127. The average Bonchev–Trinajstić information content (AvgIpc) is 3.59. The Hall–Kier alpha value is -0.830. The van der Waals surface area contributed by atoms with E-state index in [4.69, 9.17) is 14.2 Å². The summed E-state index contributed by atoms with van der Waals surface area (Å²) >= 11 is 2.26. The third-order valence-electron chi connectivity index (χ3n) is 11.1. The molecule has 0 aromatic heterocycles. The molecule has 35 heavy (non-hydrogen) atoms. The summed E-state index contributed by atoms with van der Waals surface area (Å²) in [6, 6.07) is 4.57. The van der Waals surface area contributed by atoms with E-state index >= 15 is 0 Å². The topological polar surface area (TPSA) is 51.2 Å². The van der Waals surface area contributed by atoms with Gasteiger partial charge < -0.3 is 19.3 Å². The standard InChI is InChI=1S/C29H38INO4/c1-26(2,34-14-4-12-30)21-16-27-9-10-29(21,33-3)25-28(27)11-13-31(17-18-5-6-18)22(27)15-19-7-8-20(32)24(35-25)23(19)28/h4,7-8,12,18,21-22,25,32H,5-6,9-11,13-17H2,1-3H3/b12-4+/t21-,22-,25-,27-,28+,29-/m1/s1. The van der Waals surface area contributed by atoms with E-state index in [1.54, 1.807) is 0 Å². The second-order valence-electron chi connectivity index (χ2n) is 12.7. The second-order valence-corrected chi connectivity index (χ2v) is 13.4. The Morgan fingerprint density at radius 3 is 2.83 bits per heavy atom. The Morgan fingerprint density at radius 2 is 2.09 bits per heavy atom. The molecule has 6 heteroatoms. The van der Waals surface area contributed by atoms with Gasteiger partial charge in [0.25, 0.3) is 0 Å². The third kappa shape index (κ3) is 2.81. The summed E-state index contributed by atoms with van der Waals surface area (Å²) in [6.45, 7) is 7.50. The number of halogens is 1. The summed E-state index contributed by atoms with van der Waals surface area (Å²) in [5.41, 5.74) is 1.99. The molecular weight excluding hydrogens is 553 g/mol. The number of aromatic hydroxyl groups is 1. The molecule has 5 nitrogen and oxygen atoms in total. The van der Waals surface area contributed by atoms with Crippen LogP contribution in [-0.2, 0) is 21.3 Å². The summed E-state index contributed by atoms with van der Waals surface area (Å²) in [7, 11) is 1.89. The van der Waals surface area contributed by atoms with E-state index in [0.29, 0.717) is 18.4 Å². The number of likely N-dealkylation sites (tertiary alicyclic amines) is 1. The zero-order valence-corrected chi connectivity index (χ0v) is 23.3. The van der Waals surface area contributed by atoms with Gasteiger partial charge in [0.05, 0.1) is 12.2 Å². The molecule has 190 valence electrons. The molecule has 1 N–H and O–H groups in total.